The Bertz CT molecular complexity index is 350. The van der Waals surface area contributed by atoms with Gasteiger partial charge in [0.25, 0.3) is 12.0 Å². The summed E-state index contributed by atoms with van der Waals surface area (Å²) in [4.78, 5) is 12.5. The number of aromatic hydroxyl groups is 1. The number of rotatable bonds is 1. The number of alkyl halides is 2. The van der Waals surface area contributed by atoms with Crippen LogP contribution in [0.3, 0.4) is 0 Å². The lowest BCUT2D eigenvalue weighted by Crippen LogP contribution is -2.08. The first kappa shape index (κ1) is 9.18. The van der Waals surface area contributed by atoms with Crippen molar-refractivity contribution in [2.45, 2.75) is 6.43 Å². The monoisotopic (exact) mass is 239 g/mol. The fourth-order valence-corrected chi connectivity index (χ4v) is 1.09. The lowest BCUT2D eigenvalue weighted by atomic mass is 10.3. The van der Waals surface area contributed by atoms with E-state index in [1.54, 1.807) is 0 Å². The highest BCUT2D eigenvalue weighted by molar-refractivity contribution is 9.10. The van der Waals surface area contributed by atoms with Gasteiger partial charge in [-0.1, -0.05) is 0 Å². The highest BCUT2D eigenvalue weighted by Gasteiger charge is 2.15. The minimum Gasteiger partial charge on any atom is -0.506 e. The van der Waals surface area contributed by atoms with Gasteiger partial charge in [0.05, 0.1) is 4.47 Å². The van der Waals surface area contributed by atoms with Gasteiger partial charge in [-0.3, -0.25) is 4.79 Å². The highest BCUT2D eigenvalue weighted by atomic mass is 79.9. The summed E-state index contributed by atoms with van der Waals surface area (Å²) in [5.74, 6) is -0.492. The molecule has 0 radical (unpaired) electrons. The standard InChI is InChI=1S/C6H4BrF2NO2/c7-4-2(11)1-3(12)10-5(4)6(8)9/h1,6H,(H2,10,11,12). The number of aromatic amines is 1. The Kier molecular flexibility index (Phi) is 2.46. The second-order valence-electron chi connectivity index (χ2n) is 2.05. The van der Waals surface area contributed by atoms with Crippen molar-refractivity contribution < 1.29 is 13.9 Å². The molecule has 1 aromatic rings. The molecule has 6 heteroatoms. The number of aromatic nitrogens is 1. The number of hydrogen-bond acceptors (Lipinski definition) is 2. The van der Waals surface area contributed by atoms with Crippen molar-refractivity contribution in [3.63, 3.8) is 0 Å². The van der Waals surface area contributed by atoms with Crippen molar-refractivity contribution in [3.8, 4) is 5.75 Å². The Morgan fingerprint density at radius 3 is 2.67 bits per heavy atom. The number of pyridine rings is 1. The zero-order valence-electron chi connectivity index (χ0n) is 5.64. The summed E-state index contributed by atoms with van der Waals surface area (Å²) in [5.41, 5.74) is -1.37. The fraction of sp³-hybridized carbons (Fsp3) is 0.167. The molecule has 1 heterocycles. The van der Waals surface area contributed by atoms with Crippen molar-refractivity contribution in [1.82, 2.24) is 4.98 Å². The van der Waals surface area contributed by atoms with E-state index in [2.05, 4.69) is 15.9 Å². The minimum atomic E-state index is -2.82. The van der Waals surface area contributed by atoms with Gasteiger partial charge in [-0.05, 0) is 15.9 Å². The maximum atomic E-state index is 12.1. The van der Waals surface area contributed by atoms with Gasteiger partial charge in [-0.25, -0.2) is 8.78 Å². The summed E-state index contributed by atoms with van der Waals surface area (Å²) in [6.45, 7) is 0. The van der Waals surface area contributed by atoms with Crippen LogP contribution in [0.2, 0.25) is 0 Å². The molecule has 66 valence electrons. The normalized spacial score (nSPS) is 10.7. The van der Waals surface area contributed by atoms with Crippen LogP contribution in [0.4, 0.5) is 8.78 Å². The molecule has 0 aliphatic heterocycles. The zero-order valence-corrected chi connectivity index (χ0v) is 7.23. The van der Waals surface area contributed by atoms with Gasteiger partial charge in [0.2, 0.25) is 0 Å². The summed E-state index contributed by atoms with van der Waals surface area (Å²) in [6, 6.07) is 0.815. The van der Waals surface area contributed by atoms with E-state index in [0.717, 1.165) is 6.07 Å². The molecule has 0 atom stereocenters. The van der Waals surface area contributed by atoms with Gasteiger partial charge in [0.1, 0.15) is 11.4 Å². The number of halogens is 3. The molecule has 0 spiro atoms. The van der Waals surface area contributed by atoms with Gasteiger partial charge in [0, 0.05) is 6.07 Å². The van der Waals surface area contributed by atoms with E-state index in [1.165, 1.54) is 0 Å². The van der Waals surface area contributed by atoms with Gasteiger partial charge in [-0.2, -0.15) is 0 Å². The average molecular weight is 240 g/mol. The zero-order chi connectivity index (χ0) is 9.30. The van der Waals surface area contributed by atoms with Gasteiger partial charge in [-0.15, -0.1) is 0 Å². The summed E-state index contributed by atoms with van der Waals surface area (Å²) >= 11 is 2.71. The first-order valence-corrected chi connectivity index (χ1v) is 3.71. The van der Waals surface area contributed by atoms with Crippen molar-refractivity contribution >= 4 is 15.9 Å². The molecule has 2 N–H and O–H groups in total. The quantitative estimate of drug-likeness (QED) is 0.785. The Labute approximate surface area is 74.2 Å². The van der Waals surface area contributed by atoms with Crippen LogP contribution in [0.25, 0.3) is 0 Å². The number of H-pyrrole nitrogens is 1. The Morgan fingerprint density at radius 1 is 1.58 bits per heavy atom. The van der Waals surface area contributed by atoms with Crippen LogP contribution >= 0.6 is 15.9 Å². The molecule has 1 aromatic heterocycles. The molecule has 0 aliphatic carbocycles. The predicted octanol–water partition coefficient (Wildman–Crippen LogP) is 1.78. The van der Waals surface area contributed by atoms with Gasteiger partial charge >= 0.3 is 0 Å². The maximum Gasteiger partial charge on any atom is 0.279 e. The third kappa shape index (κ3) is 1.63. The van der Waals surface area contributed by atoms with E-state index in [-0.39, 0.29) is 4.47 Å². The Hall–Kier alpha value is -0.910. The van der Waals surface area contributed by atoms with Crippen LogP contribution < -0.4 is 5.56 Å². The van der Waals surface area contributed by atoms with Gasteiger partial charge < -0.3 is 10.1 Å². The highest BCUT2D eigenvalue weighted by Crippen LogP contribution is 2.30. The second kappa shape index (κ2) is 3.22. The molecule has 12 heavy (non-hydrogen) atoms. The third-order valence-corrected chi connectivity index (χ3v) is 2.04. The molecule has 0 aromatic carbocycles. The minimum absolute atomic E-state index is 0.183. The molecular weight excluding hydrogens is 236 g/mol. The van der Waals surface area contributed by atoms with Crippen molar-refractivity contribution in [2.24, 2.45) is 0 Å². The lowest BCUT2D eigenvalue weighted by Gasteiger charge is -2.03. The largest absolute Gasteiger partial charge is 0.506 e. The van der Waals surface area contributed by atoms with E-state index in [4.69, 9.17) is 5.11 Å². The van der Waals surface area contributed by atoms with E-state index in [0.29, 0.717) is 0 Å². The van der Waals surface area contributed by atoms with Crippen LogP contribution in [-0.2, 0) is 0 Å². The van der Waals surface area contributed by atoms with Gasteiger partial charge in [0.15, 0.2) is 0 Å². The molecule has 1 rings (SSSR count). The third-order valence-electron chi connectivity index (χ3n) is 1.21. The molecule has 0 fully saturated rings. The lowest BCUT2D eigenvalue weighted by molar-refractivity contribution is 0.144. The second-order valence-corrected chi connectivity index (χ2v) is 2.84. The molecule has 0 saturated carbocycles. The summed E-state index contributed by atoms with van der Waals surface area (Å²) in [5, 5.41) is 8.93. The van der Waals surface area contributed by atoms with Crippen molar-refractivity contribution in [3.05, 3.63) is 26.6 Å². The predicted molar refractivity (Wildman–Crippen MR) is 41.4 cm³/mol. The van der Waals surface area contributed by atoms with E-state index in [9.17, 15) is 13.6 Å². The molecule has 0 aliphatic rings. The molecule has 3 nitrogen and oxygen atoms in total. The molecule has 0 bridgehead atoms. The van der Waals surface area contributed by atoms with Crippen LogP contribution in [0.1, 0.15) is 12.1 Å². The molecule has 0 amide bonds. The summed E-state index contributed by atoms with van der Waals surface area (Å²) in [6.07, 6.45) is -2.82. The first-order chi connectivity index (χ1) is 5.52. The Morgan fingerprint density at radius 2 is 2.17 bits per heavy atom. The van der Waals surface area contributed by atoms with E-state index in [1.807, 2.05) is 4.98 Å². The maximum absolute atomic E-state index is 12.1. The molecular formula is C6H4BrF2NO2. The SMILES string of the molecule is O=c1cc(O)c(Br)c(C(F)F)[nH]1. The summed E-state index contributed by atoms with van der Waals surface area (Å²) in [7, 11) is 0. The molecule has 0 saturated heterocycles. The number of nitrogens with one attached hydrogen (secondary N) is 1. The van der Waals surface area contributed by atoms with E-state index >= 15 is 0 Å². The van der Waals surface area contributed by atoms with Crippen LogP contribution in [0.5, 0.6) is 5.75 Å². The smallest absolute Gasteiger partial charge is 0.279 e. The summed E-state index contributed by atoms with van der Waals surface area (Å²) < 4.78 is 24.0. The fourth-order valence-electron chi connectivity index (χ4n) is 0.700. The van der Waals surface area contributed by atoms with Crippen molar-refractivity contribution in [1.29, 1.82) is 0 Å². The van der Waals surface area contributed by atoms with Crippen LogP contribution in [-0.4, -0.2) is 10.1 Å². The van der Waals surface area contributed by atoms with Crippen LogP contribution in [0, 0.1) is 0 Å². The topological polar surface area (TPSA) is 53.1 Å². The number of hydrogen-bond donors (Lipinski definition) is 2. The Balaban J connectivity index is 3.38. The van der Waals surface area contributed by atoms with E-state index < -0.39 is 23.4 Å². The molecule has 0 unspecified atom stereocenters. The van der Waals surface area contributed by atoms with Crippen molar-refractivity contribution in [2.75, 3.05) is 0 Å². The first-order valence-electron chi connectivity index (χ1n) is 2.92. The van der Waals surface area contributed by atoms with Crippen LogP contribution in [0.15, 0.2) is 15.3 Å². The average Bonchev–Trinajstić information content (AvgIpc) is 1.96.